The number of ether oxygens (including phenoxy) is 2. The third kappa shape index (κ3) is 3.60. The van der Waals surface area contributed by atoms with Crippen LogP contribution >= 0.6 is 0 Å². The minimum Gasteiger partial charge on any atom is -0.506 e. The van der Waals surface area contributed by atoms with E-state index in [4.69, 9.17) is 27.4 Å². The van der Waals surface area contributed by atoms with Gasteiger partial charge >= 0.3 is 0 Å². The van der Waals surface area contributed by atoms with Gasteiger partial charge in [0.05, 0.1) is 11.4 Å². The number of hydrogen-bond acceptors (Lipinski definition) is 6. The van der Waals surface area contributed by atoms with Crippen LogP contribution in [0.2, 0.25) is 0 Å². The van der Waals surface area contributed by atoms with Gasteiger partial charge in [-0.3, -0.25) is 0 Å². The predicted molar refractivity (Wildman–Crippen MR) is 117 cm³/mol. The van der Waals surface area contributed by atoms with Crippen LogP contribution in [-0.4, -0.2) is 10.2 Å². The highest BCUT2D eigenvalue weighted by Crippen LogP contribution is 2.39. The summed E-state index contributed by atoms with van der Waals surface area (Å²) in [6, 6.07) is 18.3. The van der Waals surface area contributed by atoms with Gasteiger partial charge in [-0.15, -0.1) is 6.42 Å². The minimum atomic E-state index is -0.0721. The molecule has 4 rings (SSSR count). The summed E-state index contributed by atoms with van der Waals surface area (Å²) in [5.41, 5.74) is 12.4. The molecule has 148 valence electrons. The van der Waals surface area contributed by atoms with Crippen LogP contribution in [0.3, 0.4) is 0 Å². The van der Waals surface area contributed by atoms with Crippen molar-refractivity contribution in [2.24, 2.45) is 0 Å². The second-order valence-electron chi connectivity index (χ2n) is 6.62. The number of phenols is 2. The highest BCUT2D eigenvalue weighted by Gasteiger charge is 2.12. The van der Waals surface area contributed by atoms with Crippen molar-refractivity contribution in [3.05, 3.63) is 72.3 Å². The van der Waals surface area contributed by atoms with Gasteiger partial charge in [0.25, 0.3) is 0 Å². The minimum absolute atomic E-state index is 0.0655. The molecule has 0 saturated heterocycles. The van der Waals surface area contributed by atoms with Gasteiger partial charge in [-0.25, -0.2) is 0 Å². The second-order valence-corrected chi connectivity index (χ2v) is 6.62. The molecule has 0 aliphatic heterocycles. The zero-order valence-electron chi connectivity index (χ0n) is 15.8. The van der Waals surface area contributed by atoms with E-state index >= 15 is 0 Å². The lowest BCUT2D eigenvalue weighted by Crippen LogP contribution is -1.92. The Balaban J connectivity index is 1.80. The standard InChI is InChI=1S/C24H18N2O4/c1-2-14-10-18-17(24(11-14)30-16-7-9-20(26)22(28)13-16)4-3-5-23(18)29-15-6-8-19(25)21(27)12-15/h1,3-13,27-28H,25-26H2. The third-order valence-electron chi connectivity index (χ3n) is 4.54. The molecule has 0 aliphatic carbocycles. The monoisotopic (exact) mass is 398 g/mol. The van der Waals surface area contributed by atoms with Crippen LogP contribution in [0.25, 0.3) is 10.8 Å². The first-order chi connectivity index (χ1) is 14.4. The summed E-state index contributed by atoms with van der Waals surface area (Å²) < 4.78 is 12.0. The lowest BCUT2D eigenvalue weighted by molar-refractivity contribution is 0.456. The summed E-state index contributed by atoms with van der Waals surface area (Å²) in [7, 11) is 0. The van der Waals surface area contributed by atoms with Crippen molar-refractivity contribution in [1.82, 2.24) is 0 Å². The number of aromatic hydroxyl groups is 2. The van der Waals surface area contributed by atoms with Crippen LogP contribution in [0.15, 0.2) is 66.7 Å². The Hall–Kier alpha value is -4.50. The van der Waals surface area contributed by atoms with Crippen LogP contribution < -0.4 is 20.9 Å². The quantitative estimate of drug-likeness (QED) is 0.219. The van der Waals surface area contributed by atoms with E-state index in [0.29, 0.717) is 28.6 Å². The molecule has 0 bridgehead atoms. The van der Waals surface area contributed by atoms with Crippen molar-refractivity contribution in [2.45, 2.75) is 0 Å². The van der Waals surface area contributed by atoms with Crippen molar-refractivity contribution in [2.75, 3.05) is 11.5 Å². The van der Waals surface area contributed by atoms with Crippen LogP contribution in [0, 0.1) is 12.3 Å². The van der Waals surface area contributed by atoms with Gasteiger partial charge < -0.3 is 31.2 Å². The first-order valence-corrected chi connectivity index (χ1v) is 9.00. The molecule has 6 N–H and O–H groups in total. The number of nitrogen functional groups attached to an aromatic ring is 2. The summed E-state index contributed by atoms with van der Waals surface area (Å²) >= 11 is 0. The SMILES string of the molecule is C#Cc1cc(Oc2ccc(N)c(O)c2)c2cccc(Oc3ccc(N)c(O)c3)c2c1. The van der Waals surface area contributed by atoms with E-state index < -0.39 is 0 Å². The number of rotatable bonds is 4. The lowest BCUT2D eigenvalue weighted by atomic mass is 10.0. The Bertz CT molecular complexity index is 1310. The number of benzene rings is 4. The van der Waals surface area contributed by atoms with E-state index in [-0.39, 0.29) is 22.9 Å². The maximum atomic E-state index is 9.86. The molecule has 4 aromatic rings. The summed E-state index contributed by atoms with van der Waals surface area (Å²) in [6.45, 7) is 0. The fourth-order valence-electron chi connectivity index (χ4n) is 3.01. The first-order valence-electron chi connectivity index (χ1n) is 9.00. The molecule has 0 unspecified atom stereocenters. The number of terminal acetylenes is 1. The zero-order chi connectivity index (χ0) is 21.3. The fraction of sp³-hybridized carbons (Fsp3) is 0. The molecule has 6 nitrogen and oxygen atoms in total. The lowest BCUT2D eigenvalue weighted by Gasteiger charge is -2.14. The molecule has 4 aromatic carbocycles. The Kier molecular flexibility index (Phi) is 4.71. The smallest absolute Gasteiger partial charge is 0.142 e. The Morgan fingerprint density at radius 3 is 1.87 bits per heavy atom. The summed E-state index contributed by atoms with van der Waals surface area (Å²) in [5, 5.41) is 21.2. The van der Waals surface area contributed by atoms with Gasteiger partial charge in [0.1, 0.15) is 34.5 Å². The van der Waals surface area contributed by atoms with E-state index in [1.807, 2.05) is 18.2 Å². The second kappa shape index (κ2) is 7.49. The molecule has 0 aromatic heterocycles. The van der Waals surface area contributed by atoms with E-state index in [9.17, 15) is 10.2 Å². The molecule has 0 aliphatic rings. The molecule has 0 heterocycles. The fourth-order valence-corrected chi connectivity index (χ4v) is 3.01. The normalized spacial score (nSPS) is 10.5. The highest BCUT2D eigenvalue weighted by atomic mass is 16.5. The van der Waals surface area contributed by atoms with Gasteiger partial charge in [-0.05, 0) is 42.5 Å². The predicted octanol–water partition coefficient (Wildman–Crippen LogP) is 4.98. The number of hydrogen-bond donors (Lipinski definition) is 4. The van der Waals surface area contributed by atoms with Gasteiger partial charge in [0, 0.05) is 28.5 Å². The molecule has 0 amide bonds. The average Bonchev–Trinajstić information content (AvgIpc) is 2.73. The van der Waals surface area contributed by atoms with E-state index in [2.05, 4.69) is 5.92 Å². The molecule has 0 spiro atoms. The largest absolute Gasteiger partial charge is 0.506 e. The third-order valence-corrected chi connectivity index (χ3v) is 4.54. The zero-order valence-corrected chi connectivity index (χ0v) is 15.8. The van der Waals surface area contributed by atoms with Gasteiger partial charge in [-0.1, -0.05) is 18.1 Å². The van der Waals surface area contributed by atoms with Gasteiger partial charge in [-0.2, -0.15) is 0 Å². The van der Waals surface area contributed by atoms with Crippen LogP contribution in [-0.2, 0) is 0 Å². The molecule has 0 fully saturated rings. The summed E-state index contributed by atoms with van der Waals surface area (Å²) in [4.78, 5) is 0. The Morgan fingerprint density at radius 2 is 1.30 bits per heavy atom. The molecular formula is C24H18N2O4. The van der Waals surface area contributed by atoms with Crippen LogP contribution in [0.5, 0.6) is 34.5 Å². The molecule has 0 radical (unpaired) electrons. The summed E-state index contributed by atoms with van der Waals surface area (Å²) in [5.74, 6) is 4.33. The highest BCUT2D eigenvalue weighted by molar-refractivity contribution is 5.94. The maximum absolute atomic E-state index is 9.86. The summed E-state index contributed by atoms with van der Waals surface area (Å²) in [6.07, 6.45) is 5.64. The number of anilines is 2. The Morgan fingerprint density at radius 1 is 0.700 bits per heavy atom. The van der Waals surface area contributed by atoms with Gasteiger partial charge in [0.2, 0.25) is 0 Å². The van der Waals surface area contributed by atoms with E-state index in [1.165, 1.54) is 12.1 Å². The number of phenolic OH excluding ortho intramolecular Hbond substituents is 2. The molecule has 0 atom stereocenters. The van der Waals surface area contributed by atoms with E-state index in [0.717, 1.165) is 10.8 Å². The molecular weight excluding hydrogens is 380 g/mol. The van der Waals surface area contributed by atoms with Crippen molar-refractivity contribution in [3.8, 4) is 46.8 Å². The van der Waals surface area contributed by atoms with Gasteiger partial charge in [0.15, 0.2) is 0 Å². The van der Waals surface area contributed by atoms with E-state index in [1.54, 1.807) is 36.4 Å². The number of fused-ring (bicyclic) bond motifs is 1. The van der Waals surface area contributed by atoms with Crippen molar-refractivity contribution in [3.63, 3.8) is 0 Å². The number of nitrogens with two attached hydrogens (primary N) is 2. The van der Waals surface area contributed by atoms with Crippen molar-refractivity contribution in [1.29, 1.82) is 0 Å². The Labute approximate surface area is 172 Å². The topological polar surface area (TPSA) is 111 Å². The van der Waals surface area contributed by atoms with Crippen molar-refractivity contribution < 1.29 is 19.7 Å². The maximum Gasteiger partial charge on any atom is 0.142 e. The molecule has 30 heavy (non-hydrogen) atoms. The molecule has 6 heteroatoms. The molecule has 0 saturated carbocycles. The van der Waals surface area contributed by atoms with Crippen molar-refractivity contribution >= 4 is 22.1 Å². The first kappa shape index (κ1) is 18.8. The average molecular weight is 398 g/mol. The van der Waals surface area contributed by atoms with Crippen LogP contribution in [0.4, 0.5) is 11.4 Å². The van der Waals surface area contributed by atoms with Crippen LogP contribution in [0.1, 0.15) is 5.56 Å².